The Hall–Kier alpha value is -3.60. The quantitative estimate of drug-likeness (QED) is 0.519. The minimum atomic E-state index is -1.01. The highest BCUT2D eigenvalue weighted by Crippen LogP contribution is 2.17. The smallest absolute Gasteiger partial charge is 0.344 e. The molecule has 1 aromatic heterocycles. The average molecular weight is 403 g/mol. The maximum atomic E-state index is 12.9. The number of rotatable bonds is 9. The van der Waals surface area contributed by atoms with E-state index >= 15 is 0 Å². The van der Waals surface area contributed by atoms with Crippen LogP contribution in [0.5, 0.6) is 5.75 Å². The summed E-state index contributed by atoms with van der Waals surface area (Å²) in [6.07, 6.45) is 5.78. The van der Waals surface area contributed by atoms with Crippen LogP contribution in [0.4, 0.5) is 0 Å². The van der Waals surface area contributed by atoms with Gasteiger partial charge in [0.1, 0.15) is 5.75 Å². The van der Waals surface area contributed by atoms with Crippen LogP contribution in [-0.2, 0) is 17.8 Å². The molecule has 5 nitrogen and oxygen atoms in total. The van der Waals surface area contributed by atoms with Gasteiger partial charge in [0.2, 0.25) is 5.78 Å². The van der Waals surface area contributed by atoms with Gasteiger partial charge in [0.25, 0.3) is 0 Å². The van der Waals surface area contributed by atoms with E-state index in [2.05, 4.69) is 6.92 Å². The number of carboxylic acids is 1. The van der Waals surface area contributed by atoms with Gasteiger partial charge in [-0.25, -0.2) is 4.79 Å². The molecule has 0 bridgehead atoms. The third-order valence-corrected chi connectivity index (χ3v) is 4.82. The van der Waals surface area contributed by atoms with Crippen molar-refractivity contribution in [2.75, 3.05) is 0 Å². The Labute approximate surface area is 176 Å². The third kappa shape index (κ3) is 5.26. The van der Waals surface area contributed by atoms with Crippen molar-refractivity contribution in [3.05, 3.63) is 95.3 Å². The third-order valence-electron chi connectivity index (χ3n) is 4.82. The largest absolute Gasteiger partial charge is 0.479 e. The molecule has 2 aromatic carbocycles. The van der Waals surface area contributed by atoms with Gasteiger partial charge in [0.05, 0.1) is 5.69 Å². The lowest BCUT2D eigenvalue weighted by molar-refractivity contribution is -0.144. The monoisotopic (exact) mass is 403 g/mol. The molecule has 1 N–H and O–H groups in total. The van der Waals surface area contributed by atoms with Gasteiger partial charge in [0.15, 0.2) is 6.10 Å². The number of carbonyl (C=O) groups is 2. The van der Waals surface area contributed by atoms with Crippen LogP contribution in [0.15, 0.2) is 72.9 Å². The first kappa shape index (κ1) is 21.1. The van der Waals surface area contributed by atoms with E-state index < -0.39 is 12.1 Å². The van der Waals surface area contributed by atoms with Gasteiger partial charge < -0.3 is 14.4 Å². The summed E-state index contributed by atoms with van der Waals surface area (Å²) in [6, 6.07) is 18.6. The normalized spacial score (nSPS) is 12.1. The number of benzene rings is 2. The molecule has 0 aliphatic carbocycles. The lowest BCUT2D eigenvalue weighted by Crippen LogP contribution is -2.22. The fraction of sp³-hybridized carbons (Fsp3) is 0.200. The molecule has 0 fully saturated rings. The molecule has 1 atom stereocenters. The van der Waals surface area contributed by atoms with E-state index in [1.165, 1.54) is 12.5 Å². The molecule has 0 unspecified atom stereocenters. The van der Waals surface area contributed by atoms with Crippen molar-refractivity contribution in [3.63, 3.8) is 0 Å². The van der Waals surface area contributed by atoms with Gasteiger partial charge in [-0.1, -0.05) is 55.5 Å². The number of allylic oxidation sites excluding steroid dienone is 1. The van der Waals surface area contributed by atoms with Gasteiger partial charge >= 0.3 is 5.97 Å². The van der Waals surface area contributed by atoms with Crippen molar-refractivity contribution in [1.29, 1.82) is 0 Å². The van der Waals surface area contributed by atoms with Crippen LogP contribution in [0.2, 0.25) is 0 Å². The molecule has 30 heavy (non-hydrogen) atoms. The van der Waals surface area contributed by atoms with E-state index in [-0.39, 0.29) is 5.78 Å². The number of aromatic nitrogens is 1. The zero-order chi connectivity index (χ0) is 21.5. The predicted molar refractivity (Wildman–Crippen MR) is 117 cm³/mol. The number of nitrogens with zero attached hydrogens (tertiary/aromatic N) is 1. The summed E-state index contributed by atoms with van der Waals surface area (Å²) in [4.78, 5) is 23.8. The molecular weight excluding hydrogens is 378 g/mol. The van der Waals surface area contributed by atoms with E-state index in [1.807, 2.05) is 71.4 Å². The molecule has 0 aliphatic heterocycles. The Morgan fingerprint density at radius 2 is 1.87 bits per heavy atom. The van der Waals surface area contributed by atoms with E-state index in [0.29, 0.717) is 23.6 Å². The first-order valence-electron chi connectivity index (χ1n) is 9.92. The number of hydrogen-bond donors (Lipinski definition) is 1. The molecule has 0 amide bonds. The van der Waals surface area contributed by atoms with Crippen LogP contribution in [0.25, 0.3) is 6.08 Å². The molecule has 3 rings (SSSR count). The molecule has 154 valence electrons. The van der Waals surface area contributed by atoms with Gasteiger partial charge in [-0.3, -0.25) is 4.79 Å². The van der Waals surface area contributed by atoms with Gasteiger partial charge in [-0.15, -0.1) is 0 Å². The van der Waals surface area contributed by atoms with E-state index in [0.717, 1.165) is 12.0 Å². The number of ether oxygens (including phenoxy) is 1. The van der Waals surface area contributed by atoms with Crippen molar-refractivity contribution in [2.45, 2.75) is 32.9 Å². The summed E-state index contributed by atoms with van der Waals surface area (Å²) in [5.74, 6) is -0.515. The highest BCUT2D eigenvalue weighted by molar-refractivity contribution is 6.08. The van der Waals surface area contributed by atoms with Crippen molar-refractivity contribution < 1.29 is 19.4 Å². The molecular formula is C25H25NO4. The summed E-state index contributed by atoms with van der Waals surface area (Å²) in [7, 11) is 0. The lowest BCUT2D eigenvalue weighted by atomic mass is 10.0. The highest BCUT2D eigenvalue weighted by atomic mass is 16.5. The summed E-state index contributed by atoms with van der Waals surface area (Å²) < 4.78 is 7.30. The van der Waals surface area contributed by atoms with Crippen molar-refractivity contribution in [1.82, 2.24) is 4.57 Å². The SMILES string of the molecule is CCc1ccc(C(=O)c2cccn2C/C=C/c2cccc(O[C@@H](C)C(=O)O)c2)cc1. The Bertz CT molecular complexity index is 1050. The van der Waals surface area contributed by atoms with Crippen LogP contribution >= 0.6 is 0 Å². The Balaban J connectivity index is 1.68. The van der Waals surface area contributed by atoms with Gasteiger partial charge in [-0.2, -0.15) is 0 Å². The van der Waals surface area contributed by atoms with E-state index in [1.54, 1.807) is 12.1 Å². The first-order valence-corrected chi connectivity index (χ1v) is 9.92. The molecule has 5 heteroatoms. The fourth-order valence-corrected chi connectivity index (χ4v) is 3.07. The minimum absolute atomic E-state index is 0.00545. The summed E-state index contributed by atoms with van der Waals surface area (Å²) >= 11 is 0. The maximum absolute atomic E-state index is 12.9. The second-order valence-electron chi connectivity index (χ2n) is 7.00. The van der Waals surface area contributed by atoms with Crippen LogP contribution in [0.1, 0.15) is 41.0 Å². The number of ketones is 1. The zero-order valence-electron chi connectivity index (χ0n) is 17.1. The van der Waals surface area contributed by atoms with Crippen LogP contribution in [0, 0.1) is 0 Å². The van der Waals surface area contributed by atoms with Crippen LogP contribution in [-0.4, -0.2) is 27.5 Å². The second-order valence-corrected chi connectivity index (χ2v) is 7.00. The fourth-order valence-electron chi connectivity index (χ4n) is 3.07. The molecule has 0 saturated heterocycles. The average Bonchev–Trinajstić information content (AvgIpc) is 3.22. The molecule has 1 heterocycles. The molecule has 0 radical (unpaired) electrons. The summed E-state index contributed by atoms with van der Waals surface area (Å²) in [6.45, 7) is 4.12. The number of aryl methyl sites for hydroxylation is 1. The number of carboxylic acid groups (broad SMARTS) is 1. The lowest BCUT2D eigenvalue weighted by Gasteiger charge is -2.10. The second kappa shape index (κ2) is 9.74. The Kier molecular flexibility index (Phi) is 6.86. The standard InChI is InChI=1S/C25H25NO4/c1-3-19-11-13-21(14-12-19)24(27)23-10-6-16-26(23)15-5-8-20-7-4-9-22(17-20)30-18(2)25(28)29/h4-14,16-18H,3,15H2,1-2H3,(H,28,29)/b8-5+/t18-/m0/s1. The topological polar surface area (TPSA) is 68.5 Å². The van der Waals surface area contributed by atoms with E-state index in [9.17, 15) is 9.59 Å². The minimum Gasteiger partial charge on any atom is -0.479 e. The number of carbonyl (C=O) groups excluding carboxylic acids is 1. The highest BCUT2D eigenvalue weighted by Gasteiger charge is 2.13. The molecule has 0 saturated carbocycles. The van der Waals surface area contributed by atoms with Crippen LogP contribution < -0.4 is 4.74 Å². The first-order chi connectivity index (χ1) is 14.5. The van der Waals surface area contributed by atoms with Gasteiger partial charge in [-0.05, 0) is 48.7 Å². The molecule has 0 spiro atoms. The Morgan fingerprint density at radius 3 is 2.57 bits per heavy atom. The molecule has 0 aliphatic rings. The molecule has 3 aromatic rings. The summed E-state index contributed by atoms with van der Waals surface area (Å²) in [5.41, 5.74) is 3.40. The predicted octanol–water partition coefficient (Wildman–Crippen LogP) is 4.85. The zero-order valence-corrected chi connectivity index (χ0v) is 17.1. The van der Waals surface area contributed by atoms with Crippen LogP contribution in [0.3, 0.4) is 0 Å². The number of aliphatic carboxylic acids is 1. The van der Waals surface area contributed by atoms with Crippen molar-refractivity contribution in [3.8, 4) is 5.75 Å². The van der Waals surface area contributed by atoms with Crippen molar-refractivity contribution >= 4 is 17.8 Å². The van der Waals surface area contributed by atoms with E-state index in [4.69, 9.17) is 9.84 Å². The summed E-state index contributed by atoms with van der Waals surface area (Å²) in [5, 5.41) is 8.97. The van der Waals surface area contributed by atoms with Gasteiger partial charge in [0, 0.05) is 18.3 Å². The Morgan fingerprint density at radius 1 is 1.10 bits per heavy atom. The maximum Gasteiger partial charge on any atom is 0.344 e. The van der Waals surface area contributed by atoms with Crippen molar-refractivity contribution in [2.24, 2.45) is 0 Å². The number of hydrogen-bond acceptors (Lipinski definition) is 3.